The summed E-state index contributed by atoms with van der Waals surface area (Å²) in [4.78, 5) is 0. The van der Waals surface area contributed by atoms with Crippen molar-refractivity contribution in [1.29, 1.82) is 0 Å². The maximum absolute atomic E-state index is 6.44. The van der Waals surface area contributed by atoms with E-state index in [0.29, 0.717) is 0 Å². The van der Waals surface area contributed by atoms with Crippen LogP contribution >= 0.6 is 55.4 Å². The van der Waals surface area contributed by atoms with Crippen LogP contribution in [0.3, 0.4) is 0 Å². The summed E-state index contributed by atoms with van der Waals surface area (Å²) >= 11 is 30.6. The van der Waals surface area contributed by atoms with E-state index in [-0.39, 0.29) is 0 Å². The highest BCUT2D eigenvalue weighted by molar-refractivity contribution is 7.49. The molecule has 0 rings (SSSR count). The second-order valence-electron chi connectivity index (χ2n) is 4.23. The van der Waals surface area contributed by atoms with Gasteiger partial charge in [0, 0.05) is 0 Å². The first-order valence-electron chi connectivity index (χ1n) is 4.36. The van der Waals surface area contributed by atoms with E-state index in [0.717, 1.165) is 17.8 Å². The third-order valence-corrected chi connectivity index (χ3v) is 15.4. The molecule has 0 aliphatic heterocycles. The van der Waals surface area contributed by atoms with Crippen LogP contribution in [0, 0.1) is 0 Å². The smallest absolute Gasteiger partial charge is 0.168 e. The maximum atomic E-state index is 6.44. The normalized spacial score (nSPS) is 18.0. The Labute approximate surface area is 113 Å². The Morgan fingerprint density at radius 3 is 1.43 bits per heavy atom. The van der Waals surface area contributed by atoms with Gasteiger partial charge in [-0.3, -0.25) is 0 Å². The summed E-state index contributed by atoms with van der Waals surface area (Å²) < 4.78 is 0. The van der Waals surface area contributed by atoms with Gasteiger partial charge in [-0.1, -0.05) is 6.55 Å². The molecule has 0 radical (unpaired) electrons. The van der Waals surface area contributed by atoms with E-state index in [1.54, 1.807) is 0 Å². The highest BCUT2D eigenvalue weighted by Crippen LogP contribution is 2.35. The third-order valence-electron chi connectivity index (χ3n) is 1.76. The third kappa shape index (κ3) is 10.6. The van der Waals surface area contributed by atoms with Crippen molar-refractivity contribution in [2.75, 3.05) is 0 Å². The Kier molecular flexibility index (Phi) is 6.47. The topological polar surface area (TPSA) is 0 Å². The molecule has 0 aliphatic carbocycles. The Morgan fingerprint density at radius 2 is 1.14 bits per heavy atom. The Balaban J connectivity index is 4.09. The SMILES string of the molecule is C[Si](Cl)(Cl)CC[Si](C)(Cl)C[Si](C)(Cl)Cl. The fraction of sp³-hybridized carbons (Fsp3) is 1.00. The largest absolute Gasteiger partial charge is 0.248 e. The summed E-state index contributed by atoms with van der Waals surface area (Å²) in [5.41, 5.74) is 0.795. The molecular weight excluding hydrogens is 334 g/mol. The summed E-state index contributed by atoms with van der Waals surface area (Å²) in [5.74, 6) is 0. The van der Waals surface area contributed by atoms with Gasteiger partial charge in [0.15, 0.2) is 7.38 Å². The molecule has 0 aromatic rings. The van der Waals surface area contributed by atoms with Crippen molar-refractivity contribution in [3.63, 3.8) is 0 Å². The van der Waals surface area contributed by atoms with Gasteiger partial charge >= 0.3 is 0 Å². The van der Waals surface area contributed by atoms with E-state index in [4.69, 9.17) is 55.4 Å². The van der Waals surface area contributed by atoms with Gasteiger partial charge < -0.3 is 0 Å². The summed E-state index contributed by atoms with van der Waals surface area (Å²) in [6.07, 6.45) is 0. The maximum Gasteiger partial charge on any atom is 0.248 e. The van der Waals surface area contributed by atoms with Gasteiger partial charge in [-0.15, -0.1) is 44.3 Å². The van der Waals surface area contributed by atoms with E-state index in [1.807, 2.05) is 13.1 Å². The van der Waals surface area contributed by atoms with Crippen LogP contribution in [-0.4, -0.2) is 20.8 Å². The minimum Gasteiger partial charge on any atom is -0.168 e. The monoisotopic (exact) mass is 346 g/mol. The number of hydrogen-bond acceptors (Lipinski definition) is 0. The second kappa shape index (κ2) is 5.63. The number of halogens is 5. The molecule has 1 atom stereocenters. The minimum atomic E-state index is -2.09. The molecular formula is C6H15Cl5Si3. The fourth-order valence-corrected chi connectivity index (χ4v) is 22.4. The standard InChI is InChI=1S/C6H15Cl5Si3/c1-12(7,6-14(3,10)11)4-5-13(2,8)9/h4-6H2,1-3H3. The summed E-state index contributed by atoms with van der Waals surface area (Å²) in [6.45, 7) is 1.79. The molecule has 0 heterocycles. The molecule has 0 fully saturated rings. The lowest BCUT2D eigenvalue weighted by Crippen LogP contribution is -2.33. The van der Waals surface area contributed by atoms with Gasteiger partial charge in [-0.2, -0.15) is 11.1 Å². The summed E-state index contributed by atoms with van der Waals surface area (Å²) in [7, 11) is -1.81. The van der Waals surface area contributed by atoms with E-state index >= 15 is 0 Å². The second-order valence-corrected chi connectivity index (χ2v) is 27.7. The van der Waals surface area contributed by atoms with Crippen molar-refractivity contribution in [2.24, 2.45) is 0 Å². The van der Waals surface area contributed by atoms with Crippen molar-refractivity contribution in [3.05, 3.63) is 0 Å². The predicted molar refractivity (Wildman–Crippen MR) is 78.5 cm³/mol. The van der Waals surface area contributed by atoms with Crippen molar-refractivity contribution < 1.29 is 0 Å². The van der Waals surface area contributed by atoms with Crippen LogP contribution in [0.15, 0.2) is 0 Å². The lowest BCUT2D eigenvalue weighted by Gasteiger charge is -2.25. The van der Waals surface area contributed by atoms with Crippen LogP contribution in [0.1, 0.15) is 0 Å². The molecule has 0 bridgehead atoms. The van der Waals surface area contributed by atoms with E-state index in [1.165, 1.54) is 0 Å². The zero-order valence-corrected chi connectivity index (χ0v) is 15.3. The van der Waals surface area contributed by atoms with Crippen molar-refractivity contribution in [3.8, 4) is 0 Å². The Bertz CT molecular complexity index is 183. The fourth-order valence-electron chi connectivity index (χ4n) is 1.22. The summed E-state index contributed by atoms with van der Waals surface area (Å²) in [5, 5.41) is 0. The van der Waals surface area contributed by atoms with Crippen LogP contribution in [0.4, 0.5) is 0 Å². The van der Waals surface area contributed by atoms with Gasteiger partial charge in [-0.05, 0) is 30.8 Å². The first kappa shape index (κ1) is 16.1. The van der Waals surface area contributed by atoms with E-state index < -0.39 is 20.8 Å². The number of rotatable bonds is 5. The van der Waals surface area contributed by atoms with Crippen molar-refractivity contribution in [2.45, 2.75) is 37.4 Å². The first-order chi connectivity index (χ1) is 5.91. The summed E-state index contributed by atoms with van der Waals surface area (Å²) in [6, 6.07) is 1.74. The van der Waals surface area contributed by atoms with Crippen molar-refractivity contribution in [1.82, 2.24) is 0 Å². The highest BCUT2D eigenvalue weighted by Gasteiger charge is 2.37. The van der Waals surface area contributed by atoms with E-state index in [2.05, 4.69) is 6.55 Å². The first-order valence-corrected chi connectivity index (χ1v) is 17.7. The molecule has 8 heteroatoms. The van der Waals surface area contributed by atoms with Crippen LogP contribution in [0.2, 0.25) is 37.4 Å². The van der Waals surface area contributed by atoms with Gasteiger partial charge in [0.1, 0.15) is 0 Å². The molecule has 0 nitrogen and oxygen atoms in total. The van der Waals surface area contributed by atoms with Crippen LogP contribution in [-0.2, 0) is 0 Å². The van der Waals surface area contributed by atoms with Gasteiger partial charge in [-0.25, -0.2) is 0 Å². The zero-order chi connectivity index (χ0) is 11.6. The average Bonchev–Trinajstić information content (AvgIpc) is 1.76. The Hall–Kier alpha value is 2.10. The molecule has 0 saturated carbocycles. The van der Waals surface area contributed by atoms with Crippen molar-refractivity contribution >= 4 is 76.2 Å². The van der Waals surface area contributed by atoms with Crippen LogP contribution < -0.4 is 0 Å². The van der Waals surface area contributed by atoms with Gasteiger partial charge in [0.2, 0.25) is 13.4 Å². The molecule has 0 aromatic heterocycles. The quantitative estimate of drug-likeness (QED) is 0.458. The van der Waals surface area contributed by atoms with Crippen LogP contribution in [0.5, 0.6) is 0 Å². The molecule has 0 aromatic carbocycles. The highest BCUT2D eigenvalue weighted by atomic mass is 35.7. The molecule has 0 N–H and O–H groups in total. The number of hydrogen-bond donors (Lipinski definition) is 0. The molecule has 0 amide bonds. The average molecular weight is 349 g/mol. The minimum absolute atomic E-state index is 0.795. The lowest BCUT2D eigenvalue weighted by molar-refractivity contribution is 1.34. The molecule has 0 aliphatic rings. The molecule has 0 spiro atoms. The zero-order valence-electron chi connectivity index (χ0n) is 8.51. The van der Waals surface area contributed by atoms with E-state index in [9.17, 15) is 0 Å². The Morgan fingerprint density at radius 1 is 0.714 bits per heavy atom. The molecule has 1 unspecified atom stereocenters. The van der Waals surface area contributed by atoms with Gasteiger partial charge in [0.25, 0.3) is 0 Å². The predicted octanol–water partition coefficient (Wildman–Crippen LogP) is 5.44. The van der Waals surface area contributed by atoms with Gasteiger partial charge in [0.05, 0.1) is 0 Å². The lowest BCUT2D eigenvalue weighted by atomic mass is 10.9. The molecule has 86 valence electrons. The molecule has 0 saturated heterocycles. The van der Waals surface area contributed by atoms with Crippen LogP contribution in [0.25, 0.3) is 0 Å². The molecule has 14 heavy (non-hydrogen) atoms.